The van der Waals surface area contributed by atoms with Crippen LogP contribution in [0.3, 0.4) is 0 Å². The van der Waals surface area contributed by atoms with Crippen molar-refractivity contribution in [3.05, 3.63) is 59.5 Å². The molecule has 0 aliphatic carbocycles. The van der Waals surface area contributed by atoms with Crippen LogP contribution in [0.4, 0.5) is 0 Å². The lowest BCUT2D eigenvalue weighted by molar-refractivity contribution is 0.375. The average molecular weight is 258 g/mol. The maximum atomic E-state index is 5.86. The molecule has 0 spiro atoms. The number of hydrogen-bond donors (Lipinski definition) is 2. The van der Waals surface area contributed by atoms with Crippen molar-refractivity contribution in [3.63, 3.8) is 0 Å². The smallest absolute Gasteiger partial charge is 0.122 e. The molecule has 0 aliphatic heterocycles. The van der Waals surface area contributed by atoms with Crippen LogP contribution in [-0.4, -0.2) is 6.54 Å². The molecule has 19 heavy (non-hydrogen) atoms. The molecular weight excluding hydrogens is 236 g/mol. The first kappa shape index (κ1) is 13.8. The number of furan rings is 1. The van der Waals surface area contributed by atoms with Gasteiger partial charge in [-0.15, -0.1) is 0 Å². The molecule has 0 fully saturated rings. The predicted molar refractivity (Wildman–Crippen MR) is 77.9 cm³/mol. The molecule has 1 aromatic heterocycles. The van der Waals surface area contributed by atoms with Crippen molar-refractivity contribution in [2.24, 2.45) is 5.73 Å². The second kappa shape index (κ2) is 6.55. The van der Waals surface area contributed by atoms with Crippen LogP contribution in [0.15, 0.2) is 46.9 Å². The lowest BCUT2D eigenvalue weighted by atomic mass is 10.1. The van der Waals surface area contributed by atoms with Gasteiger partial charge < -0.3 is 10.2 Å². The van der Waals surface area contributed by atoms with E-state index < -0.39 is 0 Å². The van der Waals surface area contributed by atoms with Crippen LogP contribution in [0.25, 0.3) is 0 Å². The lowest BCUT2D eigenvalue weighted by Crippen LogP contribution is -2.30. The number of benzene rings is 1. The zero-order valence-electron chi connectivity index (χ0n) is 11.6. The summed E-state index contributed by atoms with van der Waals surface area (Å²) in [6.45, 7) is 4.75. The van der Waals surface area contributed by atoms with E-state index in [2.05, 4.69) is 31.3 Å². The van der Waals surface area contributed by atoms with Crippen molar-refractivity contribution >= 4 is 0 Å². The SMILES string of the molecule is CCc1ccc(C(CN)NC(C)c2ccccc2)o1. The molecule has 3 nitrogen and oxygen atoms in total. The van der Waals surface area contributed by atoms with E-state index in [9.17, 15) is 0 Å². The second-order valence-corrected chi connectivity index (χ2v) is 4.74. The van der Waals surface area contributed by atoms with Gasteiger partial charge in [0.1, 0.15) is 11.5 Å². The molecule has 1 heterocycles. The standard InChI is InChI=1S/C16H22N2O/c1-3-14-9-10-16(19-14)15(11-17)18-12(2)13-7-5-4-6-8-13/h4-10,12,15,18H,3,11,17H2,1-2H3. The van der Waals surface area contributed by atoms with E-state index in [0.717, 1.165) is 17.9 Å². The summed E-state index contributed by atoms with van der Waals surface area (Å²) in [6, 6.07) is 14.7. The molecule has 3 heteroatoms. The molecule has 0 radical (unpaired) electrons. The van der Waals surface area contributed by atoms with E-state index in [1.165, 1.54) is 5.56 Å². The highest BCUT2D eigenvalue weighted by Crippen LogP contribution is 2.21. The van der Waals surface area contributed by atoms with Gasteiger partial charge in [0.05, 0.1) is 6.04 Å². The Morgan fingerprint density at radius 1 is 1.16 bits per heavy atom. The van der Waals surface area contributed by atoms with Gasteiger partial charge in [-0.1, -0.05) is 37.3 Å². The highest BCUT2D eigenvalue weighted by Gasteiger charge is 2.17. The highest BCUT2D eigenvalue weighted by atomic mass is 16.3. The van der Waals surface area contributed by atoms with Crippen molar-refractivity contribution in [2.45, 2.75) is 32.4 Å². The predicted octanol–water partition coefficient (Wildman–Crippen LogP) is 3.19. The Bertz CT molecular complexity index is 492. The first-order chi connectivity index (χ1) is 9.24. The lowest BCUT2D eigenvalue weighted by Gasteiger charge is -2.21. The van der Waals surface area contributed by atoms with Crippen molar-refractivity contribution in [1.82, 2.24) is 5.32 Å². The van der Waals surface area contributed by atoms with E-state index in [1.807, 2.05) is 30.3 Å². The van der Waals surface area contributed by atoms with Gasteiger partial charge in [0.2, 0.25) is 0 Å². The van der Waals surface area contributed by atoms with Crippen LogP contribution in [0.1, 0.15) is 43.0 Å². The Balaban J connectivity index is 2.06. The summed E-state index contributed by atoms with van der Waals surface area (Å²) in [4.78, 5) is 0. The normalized spacial score (nSPS) is 14.3. The number of nitrogens with one attached hydrogen (secondary N) is 1. The van der Waals surface area contributed by atoms with E-state index >= 15 is 0 Å². The van der Waals surface area contributed by atoms with E-state index in [4.69, 9.17) is 10.2 Å². The Kier molecular flexibility index (Phi) is 4.77. The summed E-state index contributed by atoms with van der Waals surface area (Å²) >= 11 is 0. The molecule has 0 bridgehead atoms. The number of nitrogens with two attached hydrogens (primary N) is 1. The Labute approximate surface area is 114 Å². The molecule has 2 unspecified atom stereocenters. The molecule has 0 saturated carbocycles. The maximum Gasteiger partial charge on any atom is 0.122 e. The third-order valence-corrected chi connectivity index (χ3v) is 3.36. The van der Waals surface area contributed by atoms with Gasteiger partial charge >= 0.3 is 0 Å². The zero-order chi connectivity index (χ0) is 13.7. The fourth-order valence-corrected chi connectivity index (χ4v) is 2.18. The van der Waals surface area contributed by atoms with Gasteiger partial charge in [0, 0.05) is 19.0 Å². The van der Waals surface area contributed by atoms with Crippen molar-refractivity contribution in [3.8, 4) is 0 Å². The van der Waals surface area contributed by atoms with E-state index in [1.54, 1.807) is 0 Å². The summed E-state index contributed by atoms with van der Waals surface area (Å²) in [5.74, 6) is 1.92. The molecule has 2 aromatic rings. The largest absolute Gasteiger partial charge is 0.464 e. The highest BCUT2D eigenvalue weighted by molar-refractivity contribution is 5.19. The van der Waals surface area contributed by atoms with Gasteiger partial charge in [-0.25, -0.2) is 0 Å². The number of hydrogen-bond acceptors (Lipinski definition) is 3. The first-order valence-electron chi connectivity index (χ1n) is 6.84. The topological polar surface area (TPSA) is 51.2 Å². The van der Waals surface area contributed by atoms with Gasteiger partial charge in [0.15, 0.2) is 0 Å². The quantitative estimate of drug-likeness (QED) is 0.836. The first-order valence-corrected chi connectivity index (χ1v) is 6.84. The fraction of sp³-hybridized carbons (Fsp3) is 0.375. The maximum absolute atomic E-state index is 5.86. The van der Waals surface area contributed by atoms with Gasteiger partial charge in [-0.2, -0.15) is 0 Å². The zero-order valence-corrected chi connectivity index (χ0v) is 11.6. The number of rotatable bonds is 6. The molecule has 2 rings (SSSR count). The van der Waals surface area contributed by atoms with E-state index in [0.29, 0.717) is 6.54 Å². The Morgan fingerprint density at radius 2 is 1.89 bits per heavy atom. The van der Waals surface area contributed by atoms with Crippen LogP contribution < -0.4 is 11.1 Å². The molecule has 102 valence electrons. The van der Waals surface area contributed by atoms with Gasteiger partial charge in [-0.05, 0) is 24.6 Å². The second-order valence-electron chi connectivity index (χ2n) is 4.74. The minimum absolute atomic E-state index is 0.0514. The average Bonchev–Trinajstić information content (AvgIpc) is 2.94. The van der Waals surface area contributed by atoms with Gasteiger partial charge in [0.25, 0.3) is 0 Å². The third kappa shape index (κ3) is 3.46. The van der Waals surface area contributed by atoms with Crippen molar-refractivity contribution in [1.29, 1.82) is 0 Å². The summed E-state index contributed by atoms with van der Waals surface area (Å²) in [6.07, 6.45) is 0.908. The molecular formula is C16H22N2O. The molecule has 0 saturated heterocycles. The molecule has 2 atom stereocenters. The van der Waals surface area contributed by atoms with Crippen molar-refractivity contribution in [2.75, 3.05) is 6.54 Å². The summed E-state index contributed by atoms with van der Waals surface area (Å²) < 4.78 is 5.78. The number of aryl methyl sites for hydroxylation is 1. The molecule has 1 aromatic carbocycles. The summed E-state index contributed by atoms with van der Waals surface area (Å²) in [5, 5.41) is 3.52. The van der Waals surface area contributed by atoms with E-state index in [-0.39, 0.29) is 12.1 Å². The van der Waals surface area contributed by atoms with Crippen LogP contribution in [-0.2, 0) is 6.42 Å². The fourth-order valence-electron chi connectivity index (χ4n) is 2.18. The molecule has 0 aliphatic rings. The summed E-state index contributed by atoms with van der Waals surface area (Å²) in [7, 11) is 0. The minimum Gasteiger partial charge on any atom is -0.464 e. The van der Waals surface area contributed by atoms with Gasteiger partial charge in [-0.3, -0.25) is 5.32 Å². The van der Waals surface area contributed by atoms with Crippen LogP contribution >= 0.6 is 0 Å². The molecule has 0 amide bonds. The van der Waals surface area contributed by atoms with Crippen LogP contribution in [0.2, 0.25) is 0 Å². The minimum atomic E-state index is 0.0514. The Hall–Kier alpha value is -1.58. The van der Waals surface area contributed by atoms with Crippen molar-refractivity contribution < 1.29 is 4.42 Å². The third-order valence-electron chi connectivity index (χ3n) is 3.36. The summed E-state index contributed by atoms with van der Waals surface area (Å²) in [5.41, 5.74) is 7.11. The van der Waals surface area contributed by atoms with Crippen LogP contribution in [0.5, 0.6) is 0 Å². The van der Waals surface area contributed by atoms with Crippen LogP contribution in [0, 0.1) is 0 Å². The monoisotopic (exact) mass is 258 g/mol. The Morgan fingerprint density at radius 3 is 2.47 bits per heavy atom. The molecule has 3 N–H and O–H groups in total.